The molecule has 122 valence electrons. The Morgan fingerprint density at radius 3 is 2.50 bits per heavy atom. The van der Waals surface area contributed by atoms with Crippen molar-refractivity contribution in [3.05, 3.63) is 48.5 Å². The minimum Gasteiger partial charge on any atom is -0.383 e. The summed E-state index contributed by atoms with van der Waals surface area (Å²) in [6.07, 6.45) is 0. The van der Waals surface area contributed by atoms with Crippen LogP contribution in [0.1, 0.15) is 6.92 Å². The molecule has 0 unspecified atom stereocenters. The van der Waals surface area contributed by atoms with Gasteiger partial charge in [-0.15, -0.1) is 0 Å². The van der Waals surface area contributed by atoms with Crippen LogP contribution in [0.4, 0.5) is 17.3 Å². The van der Waals surface area contributed by atoms with Crippen molar-refractivity contribution in [1.29, 1.82) is 0 Å². The van der Waals surface area contributed by atoms with Gasteiger partial charge in [-0.05, 0) is 18.4 Å². The van der Waals surface area contributed by atoms with Crippen molar-refractivity contribution in [2.75, 3.05) is 16.8 Å². The van der Waals surface area contributed by atoms with Crippen molar-refractivity contribution in [2.45, 2.75) is 17.3 Å². The summed E-state index contributed by atoms with van der Waals surface area (Å²) >= 11 is 1.21. The molecule has 2 aromatic carbocycles. The number of rotatable bonds is 4. The minimum atomic E-state index is -0.398. The number of aromatic nitrogens is 2. The number of carbonyl (C=O) groups is 1. The number of benzene rings is 2. The summed E-state index contributed by atoms with van der Waals surface area (Å²) < 4.78 is 0. The summed E-state index contributed by atoms with van der Waals surface area (Å²) in [4.78, 5) is 20.6. The molecule has 0 aliphatic heterocycles. The third-order valence-corrected chi connectivity index (χ3v) is 4.41. The van der Waals surface area contributed by atoms with Crippen LogP contribution in [0.5, 0.6) is 0 Å². The zero-order chi connectivity index (χ0) is 17.1. The molecule has 5 N–H and O–H groups in total. The first kappa shape index (κ1) is 16.1. The molecule has 6 nitrogen and oxygen atoms in total. The van der Waals surface area contributed by atoms with Crippen LogP contribution in [-0.2, 0) is 4.79 Å². The highest BCUT2D eigenvalue weighted by Crippen LogP contribution is 2.26. The first-order valence-corrected chi connectivity index (χ1v) is 8.26. The van der Waals surface area contributed by atoms with E-state index in [1.165, 1.54) is 17.8 Å². The summed E-state index contributed by atoms with van der Waals surface area (Å²) in [5, 5.41) is 5.01. The van der Waals surface area contributed by atoms with E-state index >= 15 is 0 Å². The Bertz CT molecular complexity index is 874. The number of anilines is 3. The molecule has 0 bridgehead atoms. The lowest BCUT2D eigenvalue weighted by atomic mass is 10.1. The van der Waals surface area contributed by atoms with E-state index in [1.54, 1.807) is 6.92 Å². The average molecular weight is 339 g/mol. The molecule has 3 rings (SSSR count). The van der Waals surface area contributed by atoms with Crippen molar-refractivity contribution in [3.63, 3.8) is 0 Å². The van der Waals surface area contributed by atoms with E-state index in [1.807, 2.05) is 42.5 Å². The van der Waals surface area contributed by atoms with Gasteiger partial charge in [0.25, 0.3) is 0 Å². The third-order valence-electron chi connectivity index (χ3n) is 3.44. The number of fused-ring (bicyclic) bond motifs is 1. The second-order valence-electron chi connectivity index (χ2n) is 5.28. The van der Waals surface area contributed by atoms with Gasteiger partial charge < -0.3 is 16.8 Å². The fourth-order valence-corrected chi connectivity index (χ4v) is 3.09. The first-order valence-electron chi connectivity index (χ1n) is 7.38. The van der Waals surface area contributed by atoms with Gasteiger partial charge in [-0.3, -0.25) is 4.79 Å². The standard InChI is InChI=1S/C17H17N5OS/c1-10(24-17-21-14(18)9-15(19)22-17)16(23)20-13-8-4-6-11-5-2-3-7-12(11)13/h2-10H,1H3,(H,20,23)(H4,18,19,21,22)/t10-/m1/s1. The van der Waals surface area contributed by atoms with Crippen molar-refractivity contribution >= 4 is 45.8 Å². The van der Waals surface area contributed by atoms with Gasteiger partial charge in [0, 0.05) is 17.1 Å². The zero-order valence-corrected chi connectivity index (χ0v) is 13.9. The molecule has 0 saturated carbocycles. The van der Waals surface area contributed by atoms with Gasteiger partial charge in [0.2, 0.25) is 5.91 Å². The molecule has 1 amide bonds. The summed E-state index contributed by atoms with van der Waals surface area (Å²) in [5.74, 6) is 0.430. The summed E-state index contributed by atoms with van der Waals surface area (Å²) in [6, 6.07) is 15.2. The fourth-order valence-electron chi connectivity index (χ4n) is 2.30. The molecule has 1 heterocycles. The molecular formula is C17H17N5OS. The number of thioether (sulfide) groups is 1. The van der Waals surface area contributed by atoms with Crippen LogP contribution in [-0.4, -0.2) is 21.1 Å². The number of hydrogen-bond donors (Lipinski definition) is 3. The highest BCUT2D eigenvalue weighted by molar-refractivity contribution is 8.00. The monoisotopic (exact) mass is 339 g/mol. The maximum atomic E-state index is 12.5. The second kappa shape index (κ2) is 6.76. The van der Waals surface area contributed by atoms with E-state index in [2.05, 4.69) is 15.3 Å². The Morgan fingerprint density at radius 1 is 1.08 bits per heavy atom. The lowest BCUT2D eigenvalue weighted by Gasteiger charge is -2.13. The van der Waals surface area contributed by atoms with Crippen LogP contribution >= 0.6 is 11.8 Å². The van der Waals surface area contributed by atoms with Crippen LogP contribution in [0.15, 0.2) is 53.7 Å². The van der Waals surface area contributed by atoms with Crippen LogP contribution in [0.2, 0.25) is 0 Å². The molecule has 0 aliphatic carbocycles. The van der Waals surface area contributed by atoms with Crippen LogP contribution in [0.3, 0.4) is 0 Å². The quantitative estimate of drug-likeness (QED) is 0.498. The lowest BCUT2D eigenvalue weighted by molar-refractivity contribution is -0.115. The first-order chi connectivity index (χ1) is 11.5. The predicted molar refractivity (Wildman–Crippen MR) is 98.8 cm³/mol. The highest BCUT2D eigenvalue weighted by atomic mass is 32.2. The van der Waals surface area contributed by atoms with Gasteiger partial charge >= 0.3 is 0 Å². The molecule has 1 aromatic heterocycles. The van der Waals surface area contributed by atoms with Crippen LogP contribution < -0.4 is 16.8 Å². The summed E-state index contributed by atoms with van der Waals surface area (Å²) in [6.45, 7) is 1.79. The molecule has 0 saturated heterocycles. The number of nitrogen functional groups attached to an aromatic ring is 2. The van der Waals surface area contributed by atoms with E-state index in [-0.39, 0.29) is 17.5 Å². The van der Waals surface area contributed by atoms with Gasteiger partial charge in [-0.2, -0.15) is 0 Å². The molecule has 7 heteroatoms. The van der Waals surface area contributed by atoms with Crippen molar-refractivity contribution < 1.29 is 4.79 Å². The van der Waals surface area contributed by atoms with Crippen molar-refractivity contribution in [3.8, 4) is 0 Å². The fraction of sp³-hybridized carbons (Fsp3) is 0.118. The Hall–Kier alpha value is -2.80. The van der Waals surface area contributed by atoms with Crippen LogP contribution in [0, 0.1) is 0 Å². The number of amides is 1. The van der Waals surface area contributed by atoms with Gasteiger partial charge in [0.15, 0.2) is 5.16 Å². The predicted octanol–water partition coefficient (Wildman–Crippen LogP) is 2.91. The molecular weight excluding hydrogens is 322 g/mol. The Morgan fingerprint density at radius 2 is 1.75 bits per heavy atom. The van der Waals surface area contributed by atoms with E-state index in [0.29, 0.717) is 5.16 Å². The van der Waals surface area contributed by atoms with Gasteiger partial charge in [-0.1, -0.05) is 48.2 Å². The van der Waals surface area contributed by atoms with E-state index in [4.69, 9.17) is 11.5 Å². The molecule has 0 fully saturated rings. The SMILES string of the molecule is C[C@@H](Sc1nc(N)cc(N)n1)C(=O)Nc1cccc2ccccc12. The van der Waals surface area contributed by atoms with Gasteiger partial charge in [0.1, 0.15) is 11.6 Å². The number of nitrogens with zero attached hydrogens (tertiary/aromatic N) is 2. The van der Waals surface area contributed by atoms with Crippen molar-refractivity contribution in [2.24, 2.45) is 0 Å². The summed E-state index contributed by atoms with van der Waals surface area (Å²) in [7, 11) is 0. The van der Waals surface area contributed by atoms with Gasteiger partial charge in [-0.25, -0.2) is 9.97 Å². The number of hydrogen-bond acceptors (Lipinski definition) is 6. The molecule has 24 heavy (non-hydrogen) atoms. The lowest BCUT2D eigenvalue weighted by Crippen LogP contribution is -2.23. The van der Waals surface area contributed by atoms with Crippen molar-refractivity contribution in [1.82, 2.24) is 9.97 Å². The summed E-state index contributed by atoms with van der Waals surface area (Å²) in [5.41, 5.74) is 12.1. The number of carbonyl (C=O) groups excluding carboxylic acids is 1. The maximum Gasteiger partial charge on any atom is 0.237 e. The topological polar surface area (TPSA) is 107 Å². The normalized spacial score (nSPS) is 12.0. The molecule has 3 aromatic rings. The molecule has 0 aliphatic rings. The highest BCUT2D eigenvalue weighted by Gasteiger charge is 2.17. The third kappa shape index (κ3) is 3.57. The molecule has 0 spiro atoms. The van der Waals surface area contributed by atoms with E-state index in [9.17, 15) is 4.79 Å². The van der Waals surface area contributed by atoms with Gasteiger partial charge in [0.05, 0.1) is 5.25 Å². The number of nitrogens with two attached hydrogens (primary N) is 2. The second-order valence-corrected chi connectivity index (χ2v) is 6.58. The number of nitrogens with one attached hydrogen (secondary N) is 1. The smallest absolute Gasteiger partial charge is 0.237 e. The molecule has 1 atom stereocenters. The Labute approximate surface area is 143 Å². The Kier molecular flexibility index (Phi) is 4.52. The zero-order valence-electron chi connectivity index (χ0n) is 13.1. The average Bonchev–Trinajstić information content (AvgIpc) is 2.54. The Balaban J connectivity index is 1.76. The largest absolute Gasteiger partial charge is 0.383 e. The van der Waals surface area contributed by atoms with Crippen LogP contribution in [0.25, 0.3) is 10.8 Å². The van der Waals surface area contributed by atoms with E-state index < -0.39 is 5.25 Å². The minimum absolute atomic E-state index is 0.138. The molecule has 0 radical (unpaired) electrons. The maximum absolute atomic E-state index is 12.5. The van der Waals surface area contributed by atoms with E-state index in [0.717, 1.165) is 16.5 Å².